The first kappa shape index (κ1) is 23.8. The van der Waals surface area contributed by atoms with E-state index in [2.05, 4.69) is 0 Å². The van der Waals surface area contributed by atoms with Crippen molar-refractivity contribution in [2.45, 2.75) is 25.9 Å². The molecule has 0 heterocycles. The maximum absolute atomic E-state index is 10.3. The van der Waals surface area contributed by atoms with Crippen molar-refractivity contribution in [2.24, 2.45) is 0 Å². The molecule has 0 spiro atoms. The third kappa shape index (κ3) is 13.2. The number of hydrogen-bond donors (Lipinski definition) is 2. The Morgan fingerprint density at radius 1 is 1.27 bits per heavy atom. The molecule has 0 saturated carbocycles. The summed E-state index contributed by atoms with van der Waals surface area (Å²) in [5.41, 5.74) is -0.484. The second-order valence-corrected chi connectivity index (χ2v) is 3.91. The summed E-state index contributed by atoms with van der Waals surface area (Å²) in [6, 6.07) is 0. The van der Waals surface area contributed by atoms with Gasteiger partial charge in [0, 0.05) is 0 Å². The van der Waals surface area contributed by atoms with Crippen LogP contribution in [-0.2, 0) is 4.57 Å². The van der Waals surface area contributed by atoms with Crippen molar-refractivity contribution < 1.29 is 103 Å². The molecule has 50 valence electrons. The summed E-state index contributed by atoms with van der Waals surface area (Å²) < 4.78 is 10.3. The zero-order valence-corrected chi connectivity index (χ0v) is 14.9. The van der Waals surface area contributed by atoms with Crippen molar-refractivity contribution >= 4 is 7.60 Å². The molecule has 7 heteroatoms. The predicted octanol–water partition coefficient (Wildman–Crippen LogP) is -8.03. The Kier molecular flexibility index (Phi) is 24.2. The van der Waals surface area contributed by atoms with Gasteiger partial charge in [-0.3, -0.25) is 4.57 Å². The van der Waals surface area contributed by atoms with Crippen molar-refractivity contribution in [1.82, 2.24) is 0 Å². The topological polar surface area (TPSA) is 57.5 Å². The van der Waals surface area contributed by atoms with Crippen LogP contribution in [0.2, 0.25) is 0 Å². The maximum atomic E-state index is 10.3. The molecule has 1 unspecified atom stereocenters. The van der Waals surface area contributed by atoms with Gasteiger partial charge in [-0.05, 0) is 6.42 Å². The van der Waals surface area contributed by atoms with E-state index in [0.29, 0.717) is 6.42 Å². The third-order valence-corrected chi connectivity index (χ3v) is 2.68. The summed E-state index contributed by atoms with van der Waals surface area (Å²) >= 11 is 0. The first-order valence-corrected chi connectivity index (χ1v) is 4.22. The van der Waals surface area contributed by atoms with Gasteiger partial charge in [0.2, 0.25) is 0 Å². The Morgan fingerprint density at radius 3 is 1.55 bits per heavy atom. The van der Waals surface area contributed by atoms with Gasteiger partial charge in [-0.25, -0.2) is 0 Å². The molecule has 0 amide bonds. The Morgan fingerprint density at radius 2 is 1.55 bits per heavy atom. The summed E-state index contributed by atoms with van der Waals surface area (Å²) in [7, 11) is -3.76. The van der Waals surface area contributed by atoms with Crippen LogP contribution in [0.4, 0.5) is 0 Å². The van der Waals surface area contributed by atoms with Crippen molar-refractivity contribution in [3.05, 3.63) is 0 Å². The molecule has 0 aromatic rings. The van der Waals surface area contributed by atoms with Crippen LogP contribution in [0, 0.1) is 0 Å². The smallest absolute Gasteiger partial charge is 0.324 e. The molecular formula is C4H11Na3O3P+3. The van der Waals surface area contributed by atoms with Crippen LogP contribution in [0.15, 0.2) is 0 Å². The minimum absolute atomic E-state index is 0. The molecule has 0 fully saturated rings. The SMILES string of the molecule is CCC(C)P(=O)(O)O.[Na+].[Na+].[Na+]. The number of hydrogen-bond acceptors (Lipinski definition) is 1. The molecule has 0 aliphatic carbocycles. The van der Waals surface area contributed by atoms with Crippen LogP contribution in [-0.4, -0.2) is 15.4 Å². The minimum Gasteiger partial charge on any atom is -0.324 e. The largest absolute Gasteiger partial charge is 1.00 e. The Labute approximate surface area is 134 Å². The van der Waals surface area contributed by atoms with Gasteiger partial charge in [-0.1, -0.05) is 13.8 Å². The van der Waals surface area contributed by atoms with Crippen LogP contribution in [0.1, 0.15) is 20.3 Å². The van der Waals surface area contributed by atoms with E-state index in [4.69, 9.17) is 9.79 Å². The van der Waals surface area contributed by atoms with Crippen molar-refractivity contribution in [2.75, 3.05) is 0 Å². The van der Waals surface area contributed by atoms with E-state index in [1.807, 2.05) is 0 Å². The van der Waals surface area contributed by atoms with E-state index < -0.39 is 13.3 Å². The monoisotopic (exact) mass is 207 g/mol. The summed E-state index contributed by atoms with van der Waals surface area (Å²) in [6.07, 6.45) is 0.532. The second-order valence-electron chi connectivity index (χ2n) is 1.85. The predicted molar refractivity (Wildman–Crippen MR) is 31.8 cm³/mol. The molecular weight excluding hydrogens is 196 g/mol. The normalized spacial score (nSPS) is 11.6. The number of rotatable bonds is 2. The van der Waals surface area contributed by atoms with Crippen LogP contribution in [0.3, 0.4) is 0 Å². The summed E-state index contributed by atoms with van der Waals surface area (Å²) in [5.74, 6) is 0. The van der Waals surface area contributed by atoms with Gasteiger partial charge in [0.1, 0.15) is 0 Å². The van der Waals surface area contributed by atoms with Crippen molar-refractivity contribution in [1.29, 1.82) is 0 Å². The van der Waals surface area contributed by atoms with Gasteiger partial charge in [0.25, 0.3) is 0 Å². The first-order chi connectivity index (χ1) is 3.48. The van der Waals surface area contributed by atoms with Crippen LogP contribution >= 0.6 is 7.60 Å². The van der Waals surface area contributed by atoms with Gasteiger partial charge < -0.3 is 9.79 Å². The first-order valence-electron chi connectivity index (χ1n) is 2.53. The molecule has 3 nitrogen and oxygen atoms in total. The molecule has 11 heavy (non-hydrogen) atoms. The fourth-order valence-electron chi connectivity index (χ4n) is 0.238. The Bertz CT molecular complexity index is 115. The van der Waals surface area contributed by atoms with Crippen LogP contribution in [0.25, 0.3) is 0 Å². The molecule has 1 atom stereocenters. The zero-order chi connectivity index (χ0) is 6.78. The van der Waals surface area contributed by atoms with E-state index in [0.717, 1.165) is 0 Å². The molecule has 0 aromatic carbocycles. The maximum Gasteiger partial charge on any atom is 1.00 e. The molecule has 0 aliphatic rings. The van der Waals surface area contributed by atoms with E-state index >= 15 is 0 Å². The van der Waals surface area contributed by atoms with Crippen LogP contribution < -0.4 is 88.7 Å². The molecule has 0 bridgehead atoms. The fourth-order valence-corrected chi connectivity index (χ4v) is 0.714. The van der Waals surface area contributed by atoms with Crippen molar-refractivity contribution in [3.63, 3.8) is 0 Å². The van der Waals surface area contributed by atoms with Crippen LogP contribution in [0.5, 0.6) is 0 Å². The molecule has 0 aliphatic heterocycles. The van der Waals surface area contributed by atoms with Gasteiger partial charge >= 0.3 is 96.3 Å². The third-order valence-electron chi connectivity index (χ3n) is 1.17. The summed E-state index contributed by atoms with van der Waals surface area (Å²) in [6.45, 7) is 3.30. The zero-order valence-electron chi connectivity index (χ0n) is 8.03. The van der Waals surface area contributed by atoms with E-state index in [9.17, 15) is 4.57 Å². The second kappa shape index (κ2) is 11.2. The van der Waals surface area contributed by atoms with Gasteiger partial charge in [0.05, 0.1) is 5.66 Å². The minimum atomic E-state index is -3.76. The van der Waals surface area contributed by atoms with E-state index in [-0.39, 0.29) is 88.7 Å². The molecule has 0 rings (SSSR count). The molecule has 0 saturated heterocycles. The average Bonchev–Trinajstić information content (AvgIpc) is 1.62. The Balaban J connectivity index is -0.0000000817. The molecule has 2 N–H and O–H groups in total. The summed E-state index contributed by atoms with van der Waals surface area (Å²) in [5, 5.41) is 0. The molecule has 0 aromatic heterocycles. The fraction of sp³-hybridized carbons (Fsp3) is 1.00. The molecule has 0 radical (unpaired) electrons. The summed E-state index contributed by atoms with van der Waals surface area (Å²) in [4.78, 5) is 16.8. The average molecular weight is 207 g/mol. The van der Waals surface area contributed by atoms with Gasteiger partial charge in [-0.15, -0.1) is 0 Å². The van der Waals surface area contributed by atoms with Crippen molar-refractivity contribution in [3.8, 4) is 0 Å². The Hall–Kier alpha value is 3.15. The van der Waals surface area contributed by atoms with E-state index in [1.54, 1.807) is 13.8 Å². The van der Waals surface area contributed by atoms with Gasteiger partial charge in [-0.2, -0.15) is 0 Å². The van der Waals surface area contributed by atoms with Gasteiger partial charge in [0.15, 0.2) is 0 Å². The van der Waals surface area contributed by atoms with E-state index in [1.165, 1.54) is 0 Å². The quantitative estimate of drug-likeness (QED) is 0.349. The standard InChI is InChI=1S/C4H11O3P.3Na/c1-3-4(2)8(5,6)7;;;/h4H,3H2,1-2H3,(H2,5,6,7);;;/q;3*+1.